The molecule has 1 unspecified atom stereocenters. The highest BCUT2D eigenvalue weighted by atomic mass is 32.1. The van der Waals surface area contributed by atoms with E-state index in [9.17, 15) is 4.79 Å². The van der Waals surface area contributed by atoms with E-state index >= 15 is 0 Å². The first kappa shape index (κ1) is 19.8. The Morgan fingerprint density at radius 3 is 2.85 bits per heavy atom. The molecule has 2 heterocycles. The van der Waals surface area contributed by atoms with Gasteiger partial charge in [0.1, 0.15) is 5.00 Å². The van der Waals surface area contributed by atoms with Crippen LogP contribution in [0.15, 0.2) is 36.4 Å². The van der Waals surface area contributed by atoms with Crippen LogP contribution >= 0.6 is 23.6 Å². The highest BCUT2D eigenvalue weighted by Gasteiger charge is 2.22. The first-order valence-corrected chi connectivity index (χ1v) is 10.7. The largest absolute Gasteiger partial charge is 0.462 e. The monoisotopic (exact) mass is 402 g/mol. The molecule has 1 atom stereocenters. The van der Waals surface area contributed by atoms with Gasteiger partial charge in [-0.05, 0) is 49.5 Å². The second-order valence-corrected chi connectivity index (χ2v) is 8.49. The maximum atomic E-state index is 12.4. The Labute approximate surface area is 170 Å². The maximum Gasteiger partial charge on any atom is 0.341 e. The lowest BCUT2D eigenvalue weighted by Gasteiger charge is -2.32. The van der Waals surface area contributed by atoms with Crippen LogP contribution in [0.2, 0.25) is 0 Å². The Morgan fingerprint density at radius 2 is 2.15 bits per heavy atom. The van der Waals surface area contributed by atoms with E-state index < -0.39 is 0 Å². The van der Waals surface area contributed by atoms with E-state index in [0.29, 0.717) is 23.2 Å². The number of hydrogen-bond donors (Lipinski definition) is 1. The van der Waals surface area contributed by atoms with Gasteiger partial charge in [0.05, 0.1) is 12.2 Å². The molecule has 4 nitrogen and oxygen atoms in total. The molecular formula is C21H26N2O2S2. The van der Waals surface area contributed by atoms with Gasteiger partial charge in [-0.15, -0.1) is 11.3 Å². The minimum atomic E-state index is -0.301. The van der Waals surface area contributed by atoms with E-state index in [4.69, 9.17) is 17.0 Å². The van der Waals surface area contributed by atoms with Gasteiger partial charge in [0.25, 0.3) is 0 Å². The molecule has 0 amide bonds. The highest BCUT2D eigenvalue weighted by Crippen LogP contribution is 2.31. The van der Waals surface area contributed by atoms with Crippen LogP contribution in [0.3, 0.4) is 0 Å². The van der Waals surface area contributed by atoms with Crippen LogP contribution in [0, 0.1) is 5.92 Å². The zero-order valence-corrected chi connectivity index (χ0v) is 17.5. The van der Waals surface area contributed by atoms with Crippen LogP contribution < -0.4 is 5.32 Å². The number of likely N-dealkylation sites (tertiary alicyclic amines) is 1. The van der Waals surface area contributed by atoms with Gasteiger partial charge in [-0.1, -0.05) is 37.3 Å². The molecule has 1 aromatic carbocycles. The Bertz CT molecular complexity index is 789. The fourth-order valence-corrected chi connectivity index (χ4v) is 4.74. The summed E-state index contributed by atoms with van der Waals surface area (Å²) < 4.78 is 5.25. The molecule has 1 aromatic heterocycles. The third kappa shape index (κ3) is 5.30. The number of esters is 1. The van der Waals surface area contributed by atoms with Gasteiger partial charge >= 0.3 is 5.97 Å². The average molecular weight is 403 g/mol. The van der Waals surface area contributed by atoms with E-state index in [1.807, 2.05) is 31.2 Å². The average Bonchev–Trinajstić information content (AvgIpc) is 3.05. The molecule has 2 aromatic rings. The summed E-state index contributed by atoms with van der Waals surface area (Å²) in [6.07, 6.45) is 3.18. The zero-order valence-electron chi connectivity index (χ0n) is 15.9. The second-order valence-electron chi connectivity index (χ2n) is 6.96. The molecule has 144 valence electrons. The summed E-state index contributed by atoms with van der Waals surface area (Å²) in [5.41, 5.74) is 1.79. The molecule has 1 aliphatic heterocycles. The molecule has 1 fully saturated rings. The SMILES string of the molecule is CCOC(=O)c1cc(Cc2ccccc2)sc1NC(=S)N1CCCC(C)C1. The summed E-state index contributed by atoms with van der Waals surface area (Å²) >= 11 is 7.20. The van der Waals surface area contributed by atoms with Crippen molar-refractivity contribution in [1.82, 2.24) is 4.90 Å². The van der Waals surface area contributed by atoms with E-state index in [0.717, 1.165) is 35.8 Å². The van der Waals surface area contributed by atoms with Crippen molar-refractivity contribution in [3.8, 4) is 0 Å². The molecule has 0 aliphatic carbocycles. The number of piperidine rings is 1. The van der Waals surface area contributed by atoms with Crippen LogP contribution in [0.4, 0.5) is 5.00 Å². The summed E-state index contributed by atoms with van der Waals surface area (Å²) in [5, 5.41) is 4.80. The molecule has 1 saturated heterocycles. The third-order valence-electron chi connectivity index (χ3n) is 4.66. The quantitative estimate of drug-likeness (QED) is 0.566. The molecule has 0 saturated carbocycles. The topological polar surface area (TPSA) is 41.6 Å². The molecule has 3 rings (SSSR count). The van der Waals surface area contributed by atoms with Gasteiger partial charge in [-0.25, -0.2) is 4.79 Å². The molecular weight excluding hydrogens is 376 g/mol. The first-order valence-electron chi connectivity index (χ1n) is 9.46. The predicted molar refractivity (Wildman–Crippen MR) is 116 cm³/mol. The number of thiophene rings is 1. The van der Waals surface area contributed by atoms with Crippen LogP contribution in [-0.4, -0.2) is 35.7 Å². The van der Waals surface area contributed by atoms with Crippen molar-refractivity contribution < 1.29 is 9.53 Å². The number of ether oxygens (including phenoxy) is 1. The molecule has 6 heteroatoms. The lowest BCUT2D eigenvalue weighted by molar-refractivity contribution is 0.0528. The van der Waals surface area contributed by atoms with Gasteiger partial charge in [0.2, 0.25) is 0 Å². The molecule has 0 spiro atoms. The highest BCUT2D eigenvalue weighted by molar-refractivity contribution is 7.80. The second kappa shape index (κ2) is 9.33. The fourth-order valence-electron chi connectivity index (χ4n) is 3.33. The van der Waals surface area contributed by atoms with Crippen molar-refractivity contribution in [2.45, 2.75) is 33.1 Å². The van der Waals surface area contributed by atoms with Crippen molar-refractivity contribution in [3.63, 3.8) is 0 Å². The molecule has 27 heavy (non-hydrogen) atoms. The number of nitrogens with one attached hydrogen (secondary N) is 1. The van der Waals surface area contributed by atoms with Crippen LogP contribution in [0.5, 0.6) is 0 Å². The summed E-state index contributed by atoms with van der Waals surface area (Å²) in [5.74, 6) is 0.338. The summed E-state index contributed by atoms with van der Waals surface area (Å²) in [6, 6.07) is 12.2. The number of rotatable bonds is 5. The van der Waals surface area contributed by atoms with Gasteiger partial charge in [-0.2, -0.15) is 0 Å². The van der Waals surface area contributed by atoms with Gasteiger partial charge in [-0.3, -0.25) is 0 Å². The number of hydrogen-bond acceptors (Lipinski definition) is 4. The van der Waals surface area contributed by atoms with Gasteiger partial charge in [0, 0.05) is 24.4 Å². The normalized spacial score (nSPS) is 16.8. The molecule has 1 aliphatic rings. The van der Waals surface area contributed by atoms with Crippen LogP contribution in [0.1, 0.15) is 47.5 Å². The summed E-state index contributed by atoms with van der Waals surface area (Å²) in [6.45, 7) is 6.36. The minimum absolute atomic E-state index is 0.301. The predicted octanol–water partition coefficient (Wildman–Crippen LogP) is 4.94. The van der Waals surface area contributed by atoms with Crippen molar-refractivity contribution in [3.05, 3.63) is 52.4 Å². The lowest BCUT2D eigenvalue weighted by Crippen LogP contribution is -2.41. The number of carbonyl (C=O) groups excluding carboxylic acids is 1. The Morgan fingerprint density at radius 1 is 1.37 bits per heavy atom. The standard InChI is InChI=1S/C21H26N2O2S2/c1-3-25-20(24)18-13-17(12-16-9-5-4-6-10-16)27-19(18)22-21(26)23-11-7-8-15(2)14-23/h4-6,9-10,13,15H,3,7-8,11-12,14H2,1-2H3,(H,22,26). The number of nitrogens with zero attached hydrogens (tertiary/aromatic N) is 1. The van der Waals surface area contributed by atoms with E-state index in [2.05, 4.69) is 29.3 Å². The first-order chi connectivity index (χ1) is 13.1. The fraction of sp³-hybridized carbons (Fsp3) is 0.429. The number of anilines is 1. The minimum Gasteiger partial charge on any atom is -0.462 e. The number of benzene rings is 1. The van der Waals surface area contributed by atoms with Crippen LogP contribution in [0.25, 0.3) is 0 Å². The van der Waals surface area contributed by atoms with Crippen molar-refractivity contribution >= 4 is 39.6 Å². The van der Waals surface area contributed by atoms with Gasteiger partial charge < -0.3 is 15.0 Å². The Balaban J connectivity index is 1.79. The number of thiocarbonyl (C=S) groups is 1. The Hall–Kier alpha value is -1.92. The van der Waals surface area contributed by atoms with E-state index in [1.165, 1.54) is 12.0 Å². The molecule has 1 N–H and O–H groups in total. The zero-order chi connectivity index (χ0) is 19.2. The maximum absolute atomic E-state index is 12.4. The van der Waals surface area contributed by atoms with Crippen molar-refractivity contribution in [1.29, 1.82) is 0 Å². The van der Waals surface area contributed by atoms with E-state index in [-0.39, 0.29) is 5.97 Å². The smallest absolute Gasteiger partial charge is 0.341 e. The summed E-state index contributed by atoms with van der Waals surface area (Å²) in [4.78, 5) is 15.7. The van der Waals surface area contributed by atoms with Gasteiger partial charge in [0.15, 0.2) is 5.11 Å². The number of carbonyl (C=O) groups is 1. The van der Waals surface area contributed by atoms with Crippen molar-refractivity contribution in [2.24, 2.45) is 5.92 Å². The van der Waals surface area contributed by atoms with Crippen LogP contribution in [-0.2, 0) is 11.2 Å². The Kier molecular flexibility index (Phi) is 6.85. The molecule has 0 bridgehead atoms. The summed E-state index contributed by atoms with van der Waals surface area (Å²) in [7, 11) is 0. The third-order valence-corrected chi connectivity index (χ3v) is 6.08. The van der Waals surface area contributed by atoms with E-state index in [1.54, 1.807) is 11.3 Å². The molecule has 0 radical (unpaired) electrons. The van der Waals surface area contributed by atoms with Crippen molar-refractivity contribution in [2.75, 3.05) is 25.0 Å². The lowest BCUT2D eigenvalue weighted by atomic mass is 10.0.